The molecule has 0 heterocycles. The molecule has 0 radical (unpaired) electrons. The second kappa shape index (κ2) is 8.39. The minimum Gasteiger partial charge on any atom is -0.481 e. The Morgan fingerprint density at radius 3 is 2.29 bits per heavy atom. The van der Waals surface area contributed by atoms with Crippen LogP contribution in [0.2, 0.25) is 0 Å². The zero-order chi connectivity index (χ0) is 13.4. The Morgan fingerprint density at radius 1 is 1.29 bits per heavy atom. The summed E-state index contributed by atoms with van der Waals surface area (Å²) in [6.07, 6.45) is 0.0908. The van der Waals surface area contributed by atoms with Gasteiger partial charge in [-0.2, -0.15) is 0 Å². The Bertz CT molecular complexity index is 256. The summed E-state index contributed by atoms with van der Waals surface area (Å²) in [6.45, 7) is 8.33. The van der Waals surface area contributed by atoms with Gasteiger partial charge in [0.15, 0.2) is 0 Å². The van der Waals surface area contributed by atoms with E-state index in [0.717, 1.165) is 5.75 Å². The fraction of sp³-hybridized carbons (Fsp3) is 0.833. The van der Waals surface area contributed by atoms with Crippen molar-refractivity contribution in [1.82, 2.24) is 5.32 Å². The molecule has 0 saturated carbocycles. The van der Waals surface area contributed by atoms with Crippen molar-refractivity contribution in [1.29, 1.82) is 0 Å². The predicted molar refractivity (Wildman–Crippen MR) is 71.2 cm³/mol. The molecular weight excluding hydrogens is 238 g/mol. The van der Waals surface area contributed by atoms with Gasteiger partial charge in [-0.1, -0.05) is 27.7 Å². The van der Waals surface area contributed by atoms with Crippen LogP contribution in [-0.4, -0.2) is 34.5 Å². The van der Waals surface area contributed by atoms with Crippen LogP contribution >= 0.6 is 11.8 Å². The van der Waals surface area contributed by atoms with Crippen molar-refractivity contribution in [2.45, 2.75) is 39.4 Å². The van der Waals surface area contributed by atoms with Gasteiger partial charge in [0.2, 0.25) is 5.91 Å². The van der Waals surface area contributed by atoms with E-state index in [0.29, 0.717) is 6.54 Å². The zero-order valence-electron chi connectivity index (χ0n) is 11.0. The molecule has 0 aromatic rings. The third kappa shape index (κ3) is 7.26. The highest BCUT2D eigenvalue weighted by molar-refractivity contribution is 8.00. The maximum atomic E-state index is 11.9. The first-order valence-corrected chi connectivity index (χ1v) is 7.04. The number of carboxylic acid groups (broad SMARTS) is 1. The molecule has 2 N–H and O–H groups in total. The molecule has 1 amide bonds. The quantitative estimate of drug-likeness (QED) is 0.701. The van der Waals surface area contributed by atoms with Crippen molar-refractivity contribution in [3.05, 3.63) is 0 Å². The molecule has 2 unspecified atom stereocenters. The average molecular weight is 261 g/mol. The van der Waals surface area contributed by atoms with Crippen LogP contribution in [0.1, 0.15) is 34.1 Å². The Hall–Kier alpha value is -0.710. The first kappa shape index (κ1) is 16.3. The van der Waals surface area contributed by atoms with E-state index in [1.807, 2.05) is 27.7 Å². The number of nitrogens with one attached hydrogen (secondary N) is 1. The molecule has 0 saturated heterocycles. The molecular formula is C12H23NO3S. The lowest BCUT2D eigenvalue weighted by molar-refractivity contribution is -0.138. The van der Waals surface area contributed by atoms with E-state index in [1.54, 1.807) is 11.8 Å². The van der Waals surface area contributed by atoms with Crippen molar-refractivity contribution >= 4 is 23.6 Å². The van der Waals surface area contributed by atoms with Crippen LogP contribution in [0.15, 0.2) is 0 Å². The molecule has 0 spiro atoms. The second-order valence-corrected chi connectivity index (χ2v) is 5.99. The van der Waals surface area contributed by atoms with Crippen molar-refractivity contribution in [3.8, 4) is 0 Å². The monoisotopic (exact) mass is 261 g/mol. The zero-order valence-corrected chi connectivity index (χ0v) is 11.8. The Morgan fingerprint density at radius 2 is 1.88 bits per heavy atom. The molecule has 17 heavy (non-hydrogen) atoms. The van der Waals surface area contributed by atoms with E-state index in [9.17, 15) is 9.59 Å². The molecule has 0 aromatic carbocycles. The number of rotatable bonds is 8. The van der Waals surface area contributed by atoms with E-state index >= 15 is 0 Å². The first-order chi connectivity index (χ1) is 7.88. The van der Waals surface area contributed by atoms with Gasteiger partial charge in [0.1, 0.15) is 0 Å². The number of hydrogen-bond acceptors (Lipinski definition) is 3. The maximum Gasteiger partial charge on any atom is 0.303 e. The third-order valence-electron chi connectivity index (χ3n) is 2.36. The van der Waals surface area contributed by atoms with E-state index in [2.05, 4.69) is 5.32 Å². The van der Waals surface area contributed by atoms with Crippen LogP contribution in [0.4, 0.5) is 0 Å². The van der Waals surface area contributed by atoms with Gasteiger partial charge in [-0.05, 0) is 17.6 Å². The molecule has 100 valence electrons. The average Bonchev–Trinajstić information content (AvgIpc) is 2.21. The topological polar surface area (TPSA) is 66.4 Å². The van der Waals surface area contributed by atoms with Gasteiger partial charge in [-0.3, -0.25) is 9.59 Å². The summed E-state index contributed by atoms with van der Waals surface area (Å²) in [6, 6.07) is 0. The first-order valence-electron chi connectivity index (χ1n) is 5.99. The summed E-state index contributed by atoms with van der Waals surface area (Å²) in [5.41, 5.74) is 0. The Labute approximate surface area is 108 Å². The van der Waals surface area contributed by atoms with Gasteiger partial charge < -0.3 is 10.4 Å². The fourth-order valence-electron chi connectivity index (χ4n) is 1.50. The number of thioether (sulfide) groups is 1. The standard InChI is InChI=1S/C12H23NO3S/c1-5-17-11(8(2)3)12(16)13-7-9(4)6-10(14)15/h8-9,11H,5-7H2,1-4H3,(H,13,16)(H,14,15). The lowest BCUT2D eigenvalue weighted by atomic mass is 10.1. The summed E-state index contributed by atoms with van der Waals surface area (Å²) in [5, 5.41) is 11.4. The van der Waals surface area contributed by atoms with Crippen LogP contribution in [-0.2, 0) is 9.59 Å². The molecule has 0 aliphatic carbocycles. The normalized spacial score (nSPS) is 14.4. The van der Waals surface area contributed by atoms with Crippen molar-refractivity contribution < 1.29 is 14.7 Å². The summed E-state index contributed by atoms with van der Waals surface area (Å²) >= 11 is 1.63. The smallest absolute Gasteiger partial charge is 0.303 e. The molecule has 4 nitrogen and oxygen atoms in total. The van der Waals surface area contributed by atoms with Gasteiger partial charge in [-0.15, -0.1) is 11.8 Å². The molecule has 0 rings (SSSR count). The van der Waals surface area contributed by atoms with Crippen LogP contribution in [0.25, 0.3) is 0 Å². The highest BCUT2D eigenvalue weighted by Gasteiger charge is 2.22. The van der Waals surface area contributed by atoms with Crippen LogP contribution in [0, 0.1) is 11.8 Å². The number of hydrogen-bond donors (Lipinski definition) is 2. The number of carbonyl (C=O) groups is 2. The summed E-state index contributed by atoms with van der Waals surface area (Å²) in [5.74, 6) is 0.353. The fourth-order valence-corrected chi connectivity index (χ4v) is 2.47. The van der Waals surface area contributed by atoms with E-state index in [-0.39, 0.29) is 29.4 Å². The van der Waals surface area contributed by atoms with Crippen LogP contribution in [0.5, 0.6) is 0 Å². The predicted octanol–water partition coefficient (Wildman–Crippen LogP) is 1.99. The van der Waals surface area contributed by atoms with E-state index < -0.39 is 5.97 Å². The summed E-state index contributed by atoms with van der Waals surface area (Å²) < 4.78 is 0. The number of carboxylic acids is 1. The molecule has 0 aromatic heterocycles. The van der Waals surface area contributed by atoms with Crippen LogP contribution in [0.3, 0.4) is 0 Å². The molecule has 5 heteroatoms. The Kier molecular flexibility index (Phi) is 8.04. The van der Waals surface area contributed by atoms with Crippen molar-refractivity contribution in [3.63, 3.8) is 0 Å². The highest BCUT2D eigenvalue weighted by atomic mass is 32.2. The van der Waals surface area contributed by atoms with Gasteiger partial charge in [-0.25, -0.2) is 0 Å². The highest BCUT2D eigenvalue weighted by Crippen LogP contribution is 2.19. The van der Waals surface area contributed by atoms with E-state index in [1.165, 1.54) is 0 Å². The number of amides is 1. The SMILES string of the molecule is CCSC(C(=O)NCC(C)CC(=O)O)C(C)C. The summed E-state index contributed by atoms with van der Waals surface area (Å²) in [7, 11) is 0. The summed E-state index contributed by atoms with van der Waals surface area (Å²) in [4.78, 5) is 22.4. The van der Waals surface area contributed by atoms with Crippen LogP contribution < -0.4 is 5.32 Å². The molecule has 0 bridgehead atoms. The number of carbonyl (C=O) groups excluding carboxylic acids is 1. The van der Waals surface area contributed by atoms with Crippen molar-refractivity contribution in [2.24, 2.45) is 11.8 Å². The number of aliphatic carboxylic acids is 1. The third-order valence-corrected chi connectivity index (χ3v) is 3.81. The lowest BCUT2D eigenvalue weighted by Gasteiger charge is -2.20. The van der Waals surface area contributed by atoms with Crippen molar-refractivity contribution in [2.75, 3.05) is 12.3 Å². The molecule has 0 aliphatic heterocycles. The minimum absolute atomic E-state index is 0.0177. The molecule has 0 fully saturated rings. The molecule has 0 aliphatic rings. The largest absolute Gasteiger partial charge is 0.481 e. The second-order valence-electron chi connectivity index (χ2n) is 4.57. The van der Waals surface area contributed by atoms with Gasteiger partial charge in [0, 0.05) is 13.0 Å². The lowest BCUT2D eigenvalue weighted by Crippen LogP contribution is -2.38. The van der Waals surface area contributed by atoms with E-state index in [4.69, 9.17) is 5.11 Å². The molecule has 2 atom stereocenters. The maximum absolute atomic E-state index is 11.9. The van der Waals surface area contributed by atoms with Gasteiger partial charge in [0.25, 0.3) is 0 Å². The van der Waals surface area contributed by atoms with Gasteiger partial charge >= 0.3 is 5.97 Å². The minimum atomic E-state index is -0.824. The Balaban J connectivity index is 4.09. The van der Waals surface area contributed by atoms with Gasteiger partial charge in [0.05, 0.1) is 5.25 Å².